The standard InChI is InChI=1S/C15H16O2S2/c1-12-7-9-15(10-8-12)19(16,18)17-11-14-6-4-3-5-13(14)2/h3-10H,11H2,1-2H3. The molecular weight excluding hydrogens is 276 g/mol. The fourth-order valence-electron chi connectivity index (χ4n) is 1.69. The van der Waals surface area contributed by atoms with Gasteiger partial charge in [-0.25, -0.2) is 4.21 Å². The summed E-state index contributed by atoms with van der Waals surface area (Å²) in [5.41, 5.74) is 3.22. The van der Waals surface area contributed by atoms with Crippen LogP contribution in [-0.4, -0.2) is 4.21 Å². The van der Waals surface area contributed by atoms with Gasteiger partial charge >= 0.3 is 0 Å². The average Bonchev–Trinajstić information content (AvgIpc) is 2.38. The van der Waals surface area contributed by atoms with E-state index in [9.17, 15) is 4.21 Å². The molecule has 0 aromatic heterocycles. The Balaban J connectivity index is 2.14. The molecule has 0 amide bonds. The van der Waals surface area contributed by atoms with Crippen LogP contribution in [0.4, 0.5) is 0 Å². The van der Waals surface area contributed by atoms with E-state index in [-0.39, 0.29) is 6.61 Å². The minimum Gasteiger partial charge on any atom is -0.282 e. The molecule has 100 valence electrons. The number of hydrogen-bond donors (Lipinski definition) is 0. The van der Waals surface area contributed by atoms with Crippen molar-refractivity contribution < 1.29 is 8.39 Å². The lowest BCUT2D eigenvalue weighted by molar-refractivity contribution is 0.334. The molecule has 0 heterocycles. The van der Waals surface area contributed by atoms with Crippen molar-refractivity contribution in [1.29, 1.82) is 0 Å². The maximum atomic E-state index is 12.4. The highest BCUT2D eigenvalue weighted by molar-refractivity contribution is 8.30. The second-order valence-electron chi connectivity index (χ2n) is 4.46. The molecule has 0 fully saturated rings. The van der Waals surface area contributed by atoms with Gasteiger partial charge in [0.15, 0.2) is 8.77 Å². The van der Waals surface area contributed by atoms with Crippen LogP contribution in [-0.2, 0) is 30.8 Å². The molecular formula is C15H16O2S2. The molecule has 0 saturated heterocycles. The largest absolute Gasteiger partial charge is 0.282 e. The van der Waals surface area contributed by atoms with E-state index in [0.29, 0.717) is 4.90 Å². The molecule has 19 heavy (non-hydrogen) atoms. The van der Waals surface area contributed by atoms with Crippen LogP contribution in [0, 0.1) is 13.8 Å². The summed E-state index contributed by atoms with van der Waals surface area (Å²) in [6.45, 7) is 4.24. The zero-order valence-electron chi connectivity index (χ0n) is 11.0. The van der Waals surface area contributed by atoms with E-state index in [0.717, 1.165) is 16.7 Å². The summed E-state index contributed by atoms with van der Waals surface area (Å²) >= 11 is 5.10. The topological polar surface area (TPSA) is 26.3 Å². The van der Waals surface area contributed by atoms with Crippen LogP contribution in [0.5, 0.6) is 0 Å². The van der Waals surface area contributed by atoms with Crippen molar-refractivity contribution in [2.24, 2.45) is 0 Å². The Kier molecular flexibility index (Phi) is 4.34. The Morgan fingerprint density at radius 2 is 1.68 bits per heavy atom. The summed E-state index contributed by atoms with van der Waals surface area (Å²) < 4.78 is 17.8. The van der Waals surface area contributed by atoms with Gasteiger partial charge in [0.1, 0.15) is 0 Å². The Morgan fingerprint density at radius 3 is 2.32 bits per heavy atom. The fourth-order valence-corrected chi connectivity index (χ4v) is 3.05. The van der Waals surface area contributed by atoms with Crippen LogP contribution in [0.3, 0.4) is 0 Å². The number of aryl methyl sites for hydroxylation is 2. The molecule has 0 bridgehead atoms. The minimum absolute atomic E-state index is 0.267. The molecule has 0 N–H and O–H groups in total. The average molecular weight is 292 g/mol. The summed E-state index contributed by atoms with van der Waals surface area (Å²) in [5, 5.41) is 0. The van der Waals surface area contributed by atoms with Gasteiger partial charge in [0, 0.05) is 11.2 Å². The molecule has 0 aliphatic heterocycles. The summed E-state index contributed by atoms with van der Waals surface area (Å²) in [6.07, 6.45) is 0. The third-order valence-corrected chi connectivity index (χ3v) is 5.08. The van der Waals surface area contributed by atoms with Crippen LogP contribution in [0.15, 0.2) is 53.4 Å². The van der Waals surface area contributed by atoms with Crippen molar-refractivity contribution in [3.63, 3.8) is 0 Å². The van der Waals surface area contributed by atoms with Gasteiger partial charge in [-0.1, -0.05) is 42.0 Å². The molecule has 0 radical (unpaired) electrons. The second kappa shape index (κ2) is 5.82. The fraction of sp³-hybridized carbons (Fsp3) is 0.200. The third kappa shape index (κ3) is 3.62. The molecule has 0 aliphatic rings. The predicted octanol–water partition coefficient (Wildman–Crippen LogP) is 3.54. The number of benzene rings is 2. The zero-order valence-corrected chi connectivity index (χ0v) is 12.6. The van der Waals surface area contributed by atoms with E-state index in [4.69, 9.17) is 15.4 Å². The van der Waals surface area contributed by atoms with E-state index >= 15 is 0 Å². The highest BCUT2D eigenvalue weighted by Crippen LogP contribution is 2.17. The van der Waals surface area contributed by atoms with Crippen molar-refractivity contribution in [3.8, 4) is 0 Å². The molecule has 0 saturated carbocycles. The smallest absolute Gasteiger partial charge is 0.173 e. The molecule has 2 aromatic rings. The zero-order chi connectivity index (χ0) is 13.9. The first-order chi connectivity index (χ1) is 8.99. The first kappa shape index (κ1) is 14.2. The molecule has 1 unspecified atom stereocenters. The van der Waals surface area contributed by atoms with Gasteiger partial charge in [-0.15, -0.1) is 0 Å². The maximum Gasteiger partial charge on any atom is 0.173 e. The van der Waals surface area contributed by atoms with Crippen LogP contribution < -0.4 is 0 Å². The van der Waals surface area contributed by atoms with Crippen molar-refractivity contribution in [2.45, 2.75) is 25.3 Å². The molecule has 2 nitrogen and oxygen atoms in total. The van der Waals surface area contributed by atoms with Crippen LogP contribution in [0.25, 0.3) is 0 Å². The van der Waals surface area contributed by atoms with Crippen molar-refractivity contribution in [2.75, 3.05) is 0 Å². The molecule has 2 rings (SSSR count). The normalized spacial score (nSPS) is 14.0. The van der Waals surface area contributed by atoms with Gasteiger partial charge < -0.3 is 0 Å². The van der Waals surface area contributed by atoms with Gasteiger partial charge in [-0.2, -0.15) is 0 Å². The first-order valence-electron chi connectivity index (χ1n) is 6.00. The number of hydrogen-bond acceptors (Lipinski definition) is 3. The lowest BCUT2D eigenvalue weighted by atomic mass is 10.1. The highest BCUT2D eigenvalue weighted by Gasteiger charge is 2.11. The van der Waals surface area contributed by atoms with Crippen molar-refractivity contribution >= 4 is 20.0 Å². The summed E-state index contributed by atoms with van der Waals surface area (Å²) in [7, 11) is -2.86. The Morgan fingerprint density at radius 1 is 1.05 bits per heavy atom. The SMILES string of the molecule is Cc1ccc(S(=O)(=S)OCc2ccccc2C)cc1. The van der Waals surface area contributed by atoms with Gasteiger partial charge in [0.25, 0.3) is 0 Å². The first-order valence-corrected chi connectivity index (χ1v) is 8.40. The van der Waals surface area contributed by atoms with E-state index in [1.165, 1.54) is 0 Å². The maximum absolute atomic E-state index is 12.4. The lowest BCUT2D eigenvalue weighted by Crippen LogP contribution is -2.05. The summed E-state index contributed by atoms with van der Waals surface area (Å²) in [6, 6.07) is 15.2. The number of rotatable bonds is 4. The summed E-state index contributed by atoms with van der Waals surface area (Å²) in [4.78, 5) is 0.557. The van der Waals surface area contributed by atoms with E-state index in [2.05, 4.69) is 0 Å². The van der Waals surface area contributed by atoms with E-state index in [1.54, 1.807) is 12.1 Å². The Hall–Kier alpha value is -1.23. The summed E-state index contributed by atoms with van der Waals surface area (Å²) in [5.74, 6) is 0. The van der Waals surface area contributed by atoms with Crippen LogP contribution in [0.2, 0.25) is 0 Å². The van der Waals surface area contributed by atoms with Crippen molar-refractivity contribution in [3.05, 3.63) is 65.2 Å². The van der Waals surface area contributed by atoms with E-state index < -0.39 is 8.77 Å². The van der Waals surface area contributed by atoms with Gasteiger partial charge in [0.2, 0.25) is 0 Å². The van der Waals surface area contributed by atoms with E-state index in [1.807, 2.05) is 50.2 Å². The van der Waals surface area contributed by atoms with Gasteiger partial charge in [-0.05, 0) is 37.1 Å². The van der Waals surface area contributed by atoms with Crippen LogP contribution in [0.1, 0.15) is 16.7 Å². The van der Waals surface area contributed by atoms with Gasteiger partial charge in [-0.3, -0.25) is 4.18 Å². The molecule has 2 aromatic carbocycles. The Bertz CT molecular complexity index is 659. The highest BCUT2D eigenvalue weighted by atomic mass is 32.8. The lowest BCUT2D eigenvalue weighted by Gasteiger charge is -2.10. The van der Waals surface area contributed by atoms with Crippen molar-refractivity contribution in [1.82, 2.24) is 0 Å². The minimum atomic E-state index is -2.86. The van der Waals surface area contributed by atoms with Crippen LogP contribution >= 0.6 is 0 Å². The molecule has 0 spiro atoms. The molecule has 4 heteroatoms. The van der Waals surface area contributed by atoms with Gasteiger partial charge in [0.05, 0.1) is 11.5 Å². The second-order valence-corrected chi connectivity index (χ2v) is 7.39. The molecule has 1 atom stereocenters. The Labute approximate surface area is 119 Å². The quantitative estimate of drug-likeness (QED) is 0.862. The predicted molar refractivity (Wildman–Crippen MR) is 80.9 cm³/mol. The molecule has 0 aliphatic carbocycles. The monoisotopic (exact) mass is 292 g/mol. The third-order valence-electron chi connectivity index (χ3n) is 2.94.